The highest BCUT2D eigenvalue weighted by Gasteiger charge is 2.31. The SMILES string of the molecule is C[S@](=O)c1ccccc1C(=O)O[C@@H](C(=O)N1CCCCC1)c1ccccc1. The number of benzene rings is 2. The Balaban J connectivity index is 1.89. The Morgan fingerprint density at radius 1 is 0.963 bits per heavy atom. The number of likely N-dealkylation sites (tertiary alicyclic amines) is 1. The third kappa shape index (κ3) is 4.63. The Kier molecular flexibility index (Phi) is 6.40. The number of nitrogens with zero attached hydrogens (tertiary/aromatic N) is 1. The summed E-state index contributed by atoms with van der Waals surface area (Å²) in [5.74, 6) is -0.843. The van der Waals surface area contributed by atoms with Crippen molar-refractivity contribution in [1.82, 2.24) is 4.90 Å². The number of amides is 1. The van der Waals surface area contributed by atoms with Crippen molar-refractivity contribution in [3.63, 3.8) is 0 Å². The van der Waals surface area contributed by atoms with E-state index in [1.165, 1.54) is 6.26 Å². The fraction of sp³-hybridized carbons (Fsp3) is 0.333. The van der Waals surface area contributed by atoms with Crippen molar-refractivity contribution < 1.29 is 18.5 Å². The molecule has 2 aromatic rings. The lowest BCUT2D eigenvalue weighted by atomic mass is 10.1. The number of hydrogen-bond acceptors (Lipinski definition) is 4. The van der Waals surface area contributed by atoms with Gasteiger partial charge >= 0.3 is 5.97 Å². The second-order valence-corrected chi connectivity index (χ2v) is 7.88. The molecule has 1 aliphatic rings. The van der Waals surface area contributed by atoms with Crippen LogP contribution >= 0.6 is 0 Å². The second kappa shape index (κ2) is 8.95. The summed E-state index contributed by atoms with van der Waals surface area (Å²) in [6.45, 7) is 1.35. The van der Waals surface area contributed by atoms with E-state index in [2.05, 4.69) is 0 Å². The maximum atomic E-state index is 13.1. The van der Waals surface area contributed by atoms with Gasteiger partial charge in [-0.15, -0.1) is 0 Å². The molecule has 1 heterocycles. The van der Waals surface area contributed by atoms with Crippen molar-refractivity contribution in [2.24, 2.45) is 0 Å². The number of rotatable bonds is 5. The van der Waals surface area contributed by atoms with Crippen LogP contribution in [0, 0.1) is 0 Å². The number of carbonyl (C=O) groups is 2. The van der Waals surface area contributed by atoms with E-state index in [1.54, 1.807) is 41.3 Å². The van der Waals surface area contributed by atoms with Crippen LogP contribution in [0.15, 0.2) is 59.5 Å². The third-order valence-electron chi connectivity index (χ3n) is 4.64. The standard InChI is InChI=1S/C21H23NO4S/c1-27(25)18-13-7-6-12-17(18)21(24)26-19(16-10-4-2-5-11-16)20(23)22-14-8-3-9-15-22/h2,4-7,10-13,19H,3,8-9,14-15H2,1H3/t19-,27+/m1/s1. The largest absolute Gasteiger partial charge is 0.444 e. The van der Waals surface area contributed by atoms with Gasteiger partial charge in [0.1, 0.15) is 0 Å². The molecule has 1 aliphatic heterocycles. The summed E-state index contributed by atoms with van der Waals surface area (Å²) >= 11 is 0. The van der Waals surface area contributed by atoms with Gasteiger partial charge in [0.25, 0.3) is 5.91 Å². The van der Waals surface area contributed by atoms with Crippen LogP contribution in [0.3, 0.4) is 0 Å². The Hall–Kier alpha value is -2.47. The lowest BCUT2D eigenvalue weighted by Crippen LogP contribution is -2.40. The summed E-state index contributed by atoms with van der Waals surface area (Å²) in [5, 5.41) is 0. The molecular weight excluding hydrogens is 362 g/mol. The minimum Gasteiger partial charge on any atom is -0.444 e. The van der Waals surface area contributed by atoms with E-state index in [0.717, 1.165) is 19.3 Å². The maximum Gasteiger partial charge on any atom is 0.340 e. The molecular formula is C21H23NO4S. The van der Waals surface area contributed by atoms with E-state index in [9.17, 15) is 13.8 Å². The third-order valence-corrected chi connectivity index (χ3v) is 5.61. The molecule has 0 spiro atoms. The van der Waals surface area contributed by atoms with E-state index in [-0.39, 0.29) is 11.5 Å². The summed E-state index contributed by atoms with van der Waals surface area (Å²) in [5.41, 5.74) is 0.863. The first kappa shape index (κ1) is 19.3. The van der Waals surface area contributed by atoms with Gasteiger partial charge in [0.15, 0.2) is 0 Å². The molecule has 2 atom stereocenters. The van der Waals surface area contributed by atoms with Crippen LogP contribution in [0.5, 0.6) is 0 Å². The fourth-order valence-corrected chi connectivity index (χ4v) is 3.96. The van der Waals surface area contributed by atoms with Gasteiger partial charge in [-0.2, -0.15) is 0 Å². The molecule has 0 unspecified atom stereocenters. The van der Waals surface area contributed by atoms with Crippen molar-refractivity contribution in [3.05, 3.63) is 65.7 Å². The minimum atomic E-state index is -1.33. The van der Waals surface area contributed by atoms with Crippen LogP contribution in [0.1, 0.15) is 41.3 Å². The maximum absolute atomic E-state index is 13.1. The highest BCUT2D eigenvalue weighted by molar-refractivity contribution is 7.84. The zero-order chi connectivity index (χ0) is 19.2. The van der Waals surface area contributed by atoms with Gasteiger partial charge in [-0.05, 0) is 31.4 Å². The molecule has 5 nitrogen and oxygen atoms in total. The summed E-state index contributed by atoms with van der Waals surface area (Å²) < 4.78 is 17.6. The van der Waals surface area contributed by atoms with Gasteiger partial charge in [-0.3, -0.25) is 9.00 Å². The predicted octanol–water partition coefficient (Wildman–Crippen LogP) is 3.33. The van der Waals surface area contributed by atoms with E-state index in [0.29, 0.717) is 23.5 Å². The smallest absolute Gasteiger partial charge is 0.340 e. The van der Waals surface area contributed by atoms with Crippen LogP contribution in [0.4, 0.5) is 0 Å². The first-order valence-electron chi connectivity index (χ1n) is 9.05. The van der Waals surface area contributed by atoms with Gasteiger partial charge in [0.2, 0.25) is 6.10 Å². The average Bonchev–Trinajstić information content (AvgIpc) is 2.72. The Bertz CT molecular complexity index is 831. The molecule has 0 saturated carbocycles. The molecule has 2 aromatic carbocycles. The summed E-state index contributed by atoms with van der Waals surface area (Å²) in [6, 6.07) is 15.7. The van der Waals surface area contributed by atoms with Crippen LogP contribution in [-0.2, 0) is 20.3 Å². The van der Waals surface area contributed by atoms with Crippen molar-refractivity contribution in [3.8, 4) is 0 Å². The van der Waals surface area contributed by atoms with Gasteiger partial charge in [-0.25, -0.2) is 4.79 Å². The molecule has 0 aromatic heterocycles. The van der Waals surface area contributed by atoms with Gasteiger partial charge in [0.05, 0.1) is 21.3 Å². The number of esters is 1. The lowest BCUT2D eigenvalue weighted by molar-refractivity contribution is -0.142. The molecule has 3 rings (SSSR count). The second-order valence-electron chi connectivity index (χ2n) is 6.53. The molecule has 0 radical (unpaired) electrons. The normalized spacial score (nSPS) is 16.4. The molecule has 0 bridgehead atoms. The number of hydrogen-bond donors (Lipinski definition) is 0. The number of piperidine rings is 1. The Morgan fingerprint density at radius 3 is 2.26 bits per heavy atom. The zero-order valence-electron chi connectivity index (χ0n) is 15.3. The van der Waals surface area contributed by atoms with E-state index >= 15 is 0 Å². The van der Waals surface area contributed by atoms with Crippen molar-refractivity contribution in [1.29, 1.82) is 0 Å². The van der Waals surface area contributed by atoms with Gasteiger partial charge < -0.3 is 9.64 Å². The molecule has 1 fully saturated rings. The molecule has 1 amide bonds. The highest BCUT2D eigenvalue weighted by Crippen LogP contribution is 2.25. The monoisotopic (exact) mass is 385 g/mol. The Morgan fingerprint density at radius 2 is 1.59 bits per heavy atom. The average molecular weight is 385 g/mol. The molecule has 6 heteroatoms. The molecule has 0 N–H and O–H groups in total. The van der Waals surface area contributed by atoms with Crippen LogP contribution in [-0.4, -0.2) is 40.3 Å². The summed E-state index contributed by atoms with van der Waals surface area (Å²) in [7, 11) is -1.33. The molecule has 0 aliphatic carbocycles. The summed E-state index contributed by atoms with van der Waals surface area (Å²) in [6.07, 6.45) is 3.53. The first-order valence-corrected chi connectivity index (χ1v) is 10.6. The summed E-state index contributed by atoms with van der Waals surface area (Å²) in [4.78, 5) is 28.1. The topological polar surface area (TPSA) is 63.7 Å². The van der Waals surface area contributed by atoms with E-state index in [1.807, 2.05) is 18.2 Å². The Labute approximate surface area is 161 Å². The van der Waals surface area contributed by atoms with Crippen molar-refractivity contribution >= 4 is 22.7 Å². The van der Waals surface area contributed by atoms with E-state index < -0.39 is 22.9 Å². The number of carbonyl (C=O) groups excluding carboxylic acids is 2. The van der Waals surface area contributed by atoms with Crippen molar-refractivity contribution in [2.45, 2.75) is 30.3 Å². The molecule has 1 saturated heterocycles. The lowest BCUT2D eigenvalue weighted by Gasteiger charge is -2.30. The van der Waals surface area contributed by atoms with Crippen LogP contribution in [0.25, 0.3) is 0 Å². The van der Waals surface area contributed by atoms with Gasteiger partial charge in [-0.1, -0.05) is 42.5 Å². The first-order chi connectivity index (χ1) is 13.1. The predicted molar refractivity (Wildman–Crippen MR) is 104 cm³/mol. The zero-order valence-corrected chi connectivity index (χ0v) is 16.1. The molecule has 142 valence electrons. The van der Waals surface area contributed by atoms with Gasteiger partial charge in [0, 0.05) is 24.9 Å². The van der Waals surface area contributed by atoms with Crippen molar-refractivity contribution in [2.75, 3.05) is 19.3 Å². The number of ether oxygens (including phenoxy) is 1. The minimum absolute atomic E-state index is 0.204. The van der Waals surface area contributed by atoms with Crippen LogP contribution < -0.4 is 0 Å². The fourth-order valence-electron chi connectivity index (χ4n) is 3.23. The quantitative estimate of drug-likeness (QED) is 0.741. The molecule has 27 heavy (non-hydrogen) atoms. The van der Waals surface area contributed by atoms with E-state index in [4.69, 9.17) is 4.74 Å². The van der Waals surface area contributed by atoms with Crippen LogP contribution in [0.2, 0.25) is 0 Å². The highest BCUT2D eigenvalue weighted by atomic mass is 32.2.